The van der Waals surface area contributed by atoms with Gasteiger partial charge in [0.2, 0.25) is 0 Å². The zero-order valence-corrected chi connectivity index (χ0v) is 11.7. The molecule has 0 spiro atoms. The second kappa shape index (κ2) is 6.49. The molecule has 0 saturated heterocycles. The number of carbonyl (C=O) groups is 2. The van der Waals surface area contributed by atoms with Crippen LogP contribution in [0.1, 0.15) is 17.3 Å². The van der Waals surface area contributed by atoms with Crippen molar-refractivity contribution in [3.05, 3.63) is 34.1 Å². The van der Waals surface area contributed by atoms with Gasteiger partial charge in [0.15, 0.2) is 0 Å². The fourth-order valence-electron chi connectivity index (χ4n) is 1.39. The van der Waals surface area contributed by atoms with Crippen molar-refractivity contribution in [2.24, 2.45) is 0 Å². The summed E-state index contributed by atoms with van der Waals surface area (Å²) in [5.41, 5.74) is -0.0740. The Bertz CT molecular complexity index is 465. The summed E-state index contributed by atoms with van der Waals surface area (Å²) in [7, 11) is 1.24. The van der Waals surface area contributed by atoms with Gasteiger partial charge in [0.05, 0.1) is 17.1 Å². The van der Waals surface area contributed by atoms with E-state index in [1.165, 1.54) is 24.1 Å². The van der Waals surface area contributed by atoms with Gasteiger partial charge < -0.3 is 9.64 Å². The number of benzene rings is 1. The van der Waals surface area contributed by atoms with Crippen LogP contribution in [0.2, 0.25) is 0 Å². The van der Waals surface area contributed by atoms with E-state index in [1.807, 2.05) is 0 Å². The Morgan fingerprint density at radius 3 is 2.67 bits per heavy atom. The van der Waals surface area contributed by atoms with E-state index in [9.17, 15) is 14.0 Å². The summed E-state index contributed by atoms with van der Waals surface area (Å²) in [6.45, 7) is 1.80. The number of esters is 1. The minimum Gasteiger partial charge on any atom is -0.468 e. The van der Waals surface area contributed by atoms with Crippen molar-refractivity contribution >= 4 is 27.8 Å². The van der Waals surface area contributed by atoms with Crippen LogP contribution in [0.5, 0.6) is 0 Å². The molecule has 1 amide bonds. The molecule has 0 atom stereocenters. The number of amides is 1. The largest absolute Gasteiger partial charge is 0.468 e. The Balaban J connectivity index is 2.97. The van der Waals surface area contributed by atoms with Crippen LogP contribution in [0.25, 0.3) is 0 Å². The Kier molecular flexibility index (Phi) is 5.27. The first-order chi connectivity index (χ1) is 8.51. The number of hydrogen-bond donors (Lipinski definition) is 0. The fraction of sp³-hybridized carbons (Fsp3) is 0.333. The smallest absolute Gasteiger partial charge is 0.325 e. The molecule has 0 N–H and O–H groups in total. The van der Waals surface area contributed by atoms with Crippen molar-refractivity contribution in [2.75, 3.05) is 20.2 Å². The van der Waals surface area contributed by atoms with E-state index in [0.717, 1.165) is 0 Å². The number of halogens is 2. The van der Waals surface area contributed by atoms with E-state index < -0.39 is 17.7 Å². The van der Waals surface area contributed by atoms with Gasteiger partial charge in [0.1, 0.15) is 12.4 Å². The normalized spacial score (nSPS) is 10.0. The van der Waals surface area contributed by atoms with Crippen molar-refractivity contribution in [1.82, 2.24) is 4.90 Å². The van der Waals surface area contributed by atoms with Crippen LogP contribution in [0.15, 0.2) is 22.7 Å². The number of likely N-dealkylation sites (N-methyl/N-ethyl adjacent to an activating group) is 1. The average molecular weight is 318 g/mol. The maximum absolute atomic E-state index is 13.8. The Morgan fingerprint density at radius 2 is 2.11 bits per heavy atom. The third-order valence-corrected chi connectivity index (χ3v) is 3.01. The quantitative estimate of drug-likeness (QED) is 0.800. The molecular formula is C12H13BrFNO3. The Morgan fingerprint density at radius 1 is 1.44 bits per heavy atom. The van der Waals surface area contributed by atoms with Gasteiger partial charge in [-0.1, -0.05) is 6.07 Å². The van der Waals surface area contributed by atoms with Crippen LogP contribution >= 0.6 is 15.9 Å². The molecule has 0 aliphatic heterocycles. The van der Waals surface area contributed by atoms with Crippen LogP contribution in [0, 0.1) is 5.82 Å². The molecule has 4 nitrogen and oxygen atoms in total. The molecule has 0 unspecified atom stereocenters. The molecule has 0 radical (unpaired) electrons. The summed E-state index contributed by atoms with van der Waals surface area (Å²) in [5, 5.41) is 0. The molecule has 0 bridgehead atoms. The van der Waals surface area contributed by atoms with Gasteiger partial charge in [-0.15, -0.1) is 0 Å². The van der Waals surface area contributed by atoms with Gasteiger partial charge in [-0.3, -0.25) is 9.59 Å². The highest BCUT2D eigenvalue weighted by Crippen LogP contribution is 2.19. The van der Waals surface area contributed by atoms with Crippen molar-refractivity contribution in [1.29, 1.82) is 0 Å². The summed E-state index contributed by atoms with van der Waals surface area (Å²) in [6.07, 6.45) is 0. The third kappa shape index (κ3) is 3.29. The lowest BCUT2D eigenvalue weighted by Gasteiger charge is -2.19. The zero-order valence-electron chi connectivity index (χ0n) is 10.1. The van der Waals surface area contributed by atoms with Crippen molar-refractivity contribution in [3.63, 3.8) is 0 Å². The van der Waals surface area contributed by atoms with Crippen molar-refractivity contribution in [3.8, 4) is 0 Å². The molecule has 0 aromatic heterocycles. The molecular weight excluding hydrogens is 305 g/mol. The maximum Gasteiger partial charge on any atom is 0.325 e. The Labute approximate surface area is 113 Å². The minimum absolute atomic E-state index is 0.0740. The lowest BCUT2D eigenvalue weighted by molar-refractivity contribution is -0.141. The minimum atomic E-state index is -0.634. The zero-order chi connectivity index (χ0) is 13.7. The fourth-order valence-corrected chi connectivity index (χ4v) is 1.75. The maximum atomic E-state index is 13.8. The first-order valence-corrected chi connectivity index (χ1v) is 6.10. The van der Waals surface area contributed by atoms with Crippen LogP contribution in [-0.4, -0.2) is 37.0 Å². The molecule has 6 heteroatoms. The van der Waals surface area contributed by atoms with Crippen LogP contribution in [0.4, 0.5) is 4.39 Å². The lowest BCUT2D eigenvalue weighted by atomic mass is 10.2. The molecule has 1 rings (SSSR count). The molecule has 1 aromatic carbocycles. The summed E-state index contributed by atoms with van der Waals surface area (Å²) in [5.74, 6) is -1.71. The first-order valence-electron chi connectivity index (χ1n) is 5.31. The Hall–Kier alpha value is -1.43. The SMILES string of the molecule is CCN(CC(=O)OC)C(=O)c1cccc(Br)c1F. The topological polar surface area (TPSA) is 46.6 Å². The van der Waals surface area contributed by atoms with Gasteiger partial charge in [0.25, 0.3) is 5.91 Å². The van der Waals surface area contributed by atoms with E-state index in [0.29, 0.717) is 6.54 Å². The predicted octanol–water partition coefficient (Wildman–Crippen LogP) is 2.22. The number of nitrogens with zero attached hydrogens (tertiary/aromatic N) is 1. The van der Waals surface area contributed by atoms with Crippen molar-refractivity contribution in [2.45, 2.75) is 6.92 Å². The van der Waals surface area contributed by atoms with Crippen LogP contribution in [0.3, 0.4) is 0 Å². The van der Waals surface area contributed by atoms with Crippen molar-refractivity contribution < 1.29 is 18.7 Å². The summed E-state index contributed by atoms with van der Waals surface area (Å²) < 4.78 is 18.5. The molecule has 0 saturated carbocycles. The highest BCUT2D eigenvalue weighted by molar-refractivity contribution is 9.10. The van der Waals surface area contributed by atoms with E-state index in [2.05, 4.69) is 20.7 Å². The standard InChI is InChI=1S/C12H13BrFNO3/c1-3-15(7-10(16)18-2)12(17)8-5-4-6-9(13)11(8)14/h4-6H,3,7H2,1-2H3. The summed E-state index contributed by atoms with van der Waals surface area (Å²) in [6, 6.07) is 4.44. The molecule has 0 aliphatic carbocycles. The highest BCUT2D eigenvalue weighted by Gasteiger charge is 2.21. The monoisotopic (exact) mass is 317 g/mol. The summed E-state index contributed by atoms with van der Waals surface area (Å²) in [4.78, 5) is 24.4. The molecule has 0 fully saturated rings. The number of ether oxygens (including phenoxy) is 1. The molecule has 18 heavy (non-hydrogen) atoms. The van der Waals surface area contributed by atoms with Gasteiger partial charge in [-0.25, -0.2) is 4.39 Å². The molecule has 98 valence electrons. The third-order valence-electron chi connectivity index (χ3n) is 2.40. The number of carbonyl (C=O) groups excluding carboxylic acids is 2. The predicted molar refractivity (Wildman–Crippen MR) is 67.7 cm³/mol. The van der Waals surface area contributed by atoms with Crippen LogP contribution in [-0.2, 0) is 9.53 Å². The number of rotatable bonds is 4. The number of hydrogen-bond acceptors (Lipinski definition) is 3. The van der Waals surface area contributed by atoms with E-state index >= 15 is 0 Å². The average Bonchev–Trinajstić information content (AvgIpc) is 2.38. The second-order valence-corrected chi connectivity index (χ2v) is 4.35. The second-order valence-electron chi connectivity index (χ2n) is 3.50. The van der Waals surface area contributed by atoms with Gasteiger partial charge in [0, 0.05) is 6.54 Å². The van der Waals surface area contributed by atoms with Gasteiger partial charge >= 0.3 is 5.97 Å². The van der Waals surface area contributed by atoms with E-state index in [-0.39, 0.29) is 16.6 Å². The molecule has 1 aromatic rings. The van der Waals surface area contributed by atoms with Gasteiger partial charge in [-0.05, 0) is 35.0 Å². The molecule has 0 aliphatic rings. The molecule has 0 heterocycles. The first kappa shape index (κ1) is 14.6. The van der Waals surface area contributed by atoms with Gasteiger partial charge in [-0.2, -0.15) is 0 Å². The van der Waals surface area contributed by atoms with E-state index in [1.54, 1.807) is 13.0 Å². The summed E-state index contributed by atoms with van der Waals surface area (Å²) >= 11 is 3.01. The number of methoxy groups -OCH3 is 1. The van der Waals surface area contributed by atoms with E-state index in [4.69, 9.17) is 0 Å². The lowest BCUT2D eigenvalue weighted by Crippen LogP contribution is -2.36. The highest BCUT2D eigenvalue weighted by atomic mass is 79.9. The van der Waals surface area contributed by atoms with Crippen LogP contribution < -0.4 is 0 Å².